The molecule has 0 aliphatic heterocycles. The van der Waals surface area contributed by atoms with E-state index < -0.39 is 0 Å². The molecule has 0 aromatic rings. The predicted octanol–water partition coefficient (Wildman–Crippen LogP) is 2.54. The summed E-state index contributed by atoms with van der Waals surface area (Å²) in [6.45, 7) is 4.62. The number of carbonyl (C=O) groups is 1. The number of urea groups is 1. The Morgan fingerprint density at radius 3 is 2.15 bits per heavy atom. The number of amides is 2. The van der Waals surface area contributed by atoms with Crippen LogP contribution in [0.5, 0.6) is 0 Å². The van der Waals surface area contributed by atoms with Gasteiger partial charge in [0.1, 0.15) is 0 Å². The molecule has 4 fully saturated rings. The number of hydrogen-bond acceptors (Lipinski definition) is 2. The zero-order valence-corrected chi connectivity index (χ0v) is 12.9. The third-order valence-corrected chi connectivity index (χ3v) is 5.85. The summed E-state index contributed by atoms with van der Waals surface area (Å²) in [5.74, 6) is 3.13. The van der Waals surface area contributed by atoms with Gasteiger partial charge in [0, 0.05) is 19.7 Å². The van der Waals surface area contributed by atoms with Gasteiger partial charge in [0.25, 0.3) is 0 Å². The fourth-order valence-electron chi connectivity index (χ4n) is 5.21. The van der Waals surface area contributed by atoms with Crippen LogP contribution in [0.2, 0.25) is 0 Å². The molecule has 114 valence electrons. The van der Waals surface area contributed by atoms with Crippen LogP contribution >= 0.6 is 0 Å². The molecule has 4 aliphatic carbocycles. The highest BCUT2D eigenvalue weighted by molar-refractivity contribution is 5.74. The molecule has 20 heavy (non-hydrogen) atoms. The van der Waals surface area contributed by atoms with Crippen molar-refractivity contribution >= 4 is 6.03 Å². The molecule has 0 unspecified atom stereocenters. The average molecular weight is 280 g/mol. The molecule has 0 aromatic carbocycles. The summed E-state index contributed by atoms with van der Waals surface area (Å²) >= 11 is 0. The van der Waals surface area contributed by atoms with E-state index >= 15 is 0 Å². The zero-order chi connectivity index (χ0) is 14.3. The second-order valence-electron chi connectivity index (χ2n) is 7.45. The van der Waals surface area contributed by atoms with Crippen LogP contribution in [0.4, 0.5) is 4.79 Å². The molecule has 4 aliphatic rings. The Labute approximate surface area is 122 Å². The third kappa shape index (κ3) is 2.32. The molecule has 4 bridgehead atoms. The lowest BCUT2D eigenvalue weighted by molar-refractivity contribution is -0.186. The minimum absolute atomic E-state index is 0.0646. The van der Waals surface area contributed by atoms with E-state index in [0.717, 1.165) is 11.8 Å². The van der Waals surface area contributed by atoms with E-state index in [2.05, 4.69) is 10.6 Å². The van der Waals surface area contributed by atoms with Gasteiger partial charge >= 0.3 is 6.03 Å². The van der Waals surface area contributed by atoms with Crippen LogP contribution in [0.1, 0.15) is 46.0 Å². The lowest BCUT2D eigenvalue weighted by atomic mass is 9.49. The standard InChI is InChI=1S/C16H28N2O2/c1-10(2)18-15(19)17-9-16(20-3)13-5-11-4-12(7-13)8-14(16)6-11/h10-14H,4-9H2,1-3H3,(H2,17,18,19). The van der Waals surface area contributed by atoms with Gasteiger partial charge < -0.3 is 15.4 Å². The number of nitrogens with one attached hydrogen (secondary N) is 2. The maximum absolute atomic E-state index is 11.9. The van der Waals surface area contributed by atoms with Crippen LogP contribution in [0.25, 0.3) is 0 Å². The number of rotatable bonds is 4. The van der Waals surface area contributed by atoms with Crippen LogP contribution in [0, 0.1) is 23.7 Å². The Morgan fingerprint density at radius 2 is 1.70 bits per heavy atom. The molecule has 0 atom stereocenters. The molecule has 4 nitrogen and oxygen atoms in total. The molecular weight excluding hydrogens is 252 g/mol. The van der Waals surface area contributed by atoms with E-state index in [1.54, 1.807) is 0 Å². The van der Waals surface area contributed by atoms with Crippen molar-refractivity contribution in [2.24, 2.45) is 23.7 Å². The molecule has 0 spiro atoms. The Morgan fingerprint density at radius 1 is 1.15 bits per heavy atom. The van der Waals surface area contributed by atoms with E-state index in [4.69, 9.17) is 4.74 Å². The second kappa shape index (κ2) is 5.21. The minimum atomic E-state index is -0.109. The summed E-state index contributed by atoms with van der Waals surface area (Å²) in [6, 6.07) is 0.109. The van der Waals surface area contributed by atoms with Gasteiger partial charge in [-0.25, -0.2) is 4.79 Å². The topological polar surface area (TPSA) is 50.4 Å². The van der Waals surface area contributed by atoms with Crippen LogP contribution in [-0.2, 0) is 4.74 Å². The number of ether oxygens (including phenoxy) is 1. The first-order chi connectivity index (χ1) is 9.53. The normalized spacial score (nSPS) is 42.0. The molecule has 0 saturated heterocycles. The van der Waals surface area contributed by atoms with Crippen LogP contribution in [-0.4, -0.2) is 31.3 Å². The van der Waals surface area contributed by atoms with Gasteiger partial charge in [0.05, 0.1) is 5.60 Å². The monoisotopic (exact) mass is 280 g/mol. The van der Waals surface area contributed by atoms with E-state index in [0.29, 0.717) is 18.4 Å². The summed E-state index contributed by atoms with van der Waals surface area (Å²) < 4.78 is 6.03. The van der Waals surface area contributed by atoms with Crippen LogP contribution in [0.3, 0.4) is 0 Å². The highest BCUT2D eigenvalue weighted by Gasteiger charge is 2.57. The van der Waals surface area contributed by atoms with Crippen LogP contribution < -0.4 is 10.6 Å². The fourth-order valence-corrected chi connectivity index (χ4v) is 5.21. The molecule has 4 heteroatoms. The van der Waals surface area contributed by atoms with Crippen molar-refractivity contribution in [1.82, 2.24) is 10.6 Å². The molecule has 0 heterocycles. The van der Waals surface area contributed by atoms with Crippen molar-refractivity contribution in [2.45, 2.75) is 57.6 Å². The Bertz CT molecular complexity index is 353. The van der Waals surface area contributed by atoms with Crippen molar-refractivity contribution in [2.75, 3.05) is 13.7 Å². The fraction of sp³-hybridized carbons (Fsp3) is 0.938. The van der Waals surface area contributed by atoms with Crippen molar-refractivity contribution < 1.29 is 9.53 Å². The van der Waals surface area contributed by atoms with E-state index in [1.807, 2.05) is 21.0 Å². The van der Waals surface area contributed by atoms with Gasteiger partial charge in [-0.3, -0.25) is 0 Å². The summed E-state index contributed by atoms with van der Waals surface area (Å²) in [5.41, 5.74) is -0.109. The lowest BCUT2D eigenvalue weighted by Crippen LogP contribution is -2.63. The molecule has 0 aromatic heterocycles. The first-order valence-corrected chi connectivity index (χ1v) is 8.13. The molecule has 4 saturated carbocycles. The summed E-state index contributed by atoms with van der Waals surface area (Å²) in [5, 5.41) is 5.96. The van der Waals surface area contributed by atoms with Gasteiger partial charge in [-0.2, -0.15) is 0 Å². The molecular formula is C16H28N2O2. The summed E-state index contributed by atoms with van der Waals surface area (Å²) in [4.78, 5) is 11.9. The van der Waals surface area contributed by atoms with Gasteiger partial charge in [-0.15, -0.1) is 0 Å². The highest BCUT2D eigenvalue weighted by Crippen LogP contribution is 2.59. The quantitative estimate of drug-likeness (QED) is 0.831. The number of methoxy groups -OCH3 is 1. The number of hydrogen-bond donors (Lipinski definition) is 2. The Balaban J connectivity index is 1.67. The smallest absolute Gasteiger partial charge is 0.315 e. The second-order valence-corrected chi connectivity index (χ2v) is 7.45. The van der Waals surface area contributed by atoms with Crippen molar-refractivity contribution in [1.29, 1.82) is 0 Å². The maximum atomic E-state index is 11.9. The van der Waals surface area contributed by atoms with Crippen molar-refractivity contribution in [3.05, 3.63) is 0 Å². The summed E-state index contributed by atoms with van der Waals surface area (Å²) in [7, 11) is 1.84. The van der Waals surface area contributed by atoms with Gasteiger partial charge in [-0.05, 0) is 69.6 Å². The molecule has 2 amide bonds. The van der Waals surface area contributed by atoms with Crippen LogP contribution in [0.15, 0.2) is 0 Å². The zero-order valence-electron chi connectivity index (χ0n) is 12.9. The molecule has 2 N–H and O–H groups in total. The van der Waals surface area contributed by atoms with E-state index in [1.165, 1.54) is 32.1 Å². The van der Waals surface area contributed by atoms with Gasteiger partial charge in [-0.1, -0.05) is 0 Å². The van der Waals surface area contributed by atoms with E-state index in [9.17, 15) is 4.79 Å². The van der Waals surface area contributed by atoms with Gasteiger partial charge in [0.15, 0.2) is 0 Å². The number of carbonyl (C=O) groups excluding carboxylic acids is 1. The lowest BCUT2D eigenvalue weighted by Gasteiger charge is -2.60. The third-order valence-electron chi connectivity index (χ3n) is 5.85. The maximum Gasteiger partial charge on any atom is 0.315 e. The first kappa shape index (κ1) is 14.2. The minimum Gasteiger partial charge on any atom is -0.376 e. The van der Waals surface area contributed by atoms with Crippen molar-refractivity contribution in [3.8, 4) is 0 Å². The summed E-state index contributed by atoms with van der Waals surface area (Å²) in [6.07, 6.45) is 6.64. The molecule has 4 rings (SSSR count). The first-order valence-electron chi connectivity index (χ1n) is 8.13. The largest absolute Gasteiger partial charge is 0.376 e. The SMILES string of the molecule is COC1(CNC(=O)NC(C)C)C2CC3CC(C2)CC1C3. The Kier molecular flexibility index (Phi) is 3.69. The average Bonchev–Trinajstić information content (AvgIpc) is 2.37. The van der Waals surface area contributed by atoms with E-state index in [-0.39, 0.29) is 17.7 Å². The van der Waals surface area contributed by atoms with Crippen molar-refractivity contribution in [3.63, 3.8) is 0 Å². The van der Waals surface area contributed by atoms with Gasteiger partial charge in [0.2, 0.25) is 0 Å². The molecule has 0 radical (unpaired) electrons. The Hall–Kier alpha value is -0.770. The highest BCUT2D eigenvalue weighted by atomic mass is 16.5. The predicted molar refractivity (Wildman–Crippen MR) is 78.5 cm³/mol.